The monoisotopic (exact) mass is 779 g/mol. The summed E-state index contributed by atoms with van der Waals surface area (Å²) < 4.78 is 13.2. The van der Waals surface area contributed by atoms with E-state index in [1.54, 1.807) is 0 Å². The van der Waals surface area contributed by atoms with Crippen molar-refractivity contribution in [3.63, 3.8) is 0 Å². The third-order valence-electron chi connectivity index (χ3n) is 12.1. The van der Waals surface area contributed by atoms with E-state index in [1.165, 1.54) is 21.9 Å². The summed E-state index contributed by atoms with van der Waals surface area (Å²) in [7, 11) is 0. The first-order valence-corrected chi connectivity index (χ1v) is 20.7. The number of furan rings is 2. The maximum Gasteiger partial charge on any atom is 0.143 e. The van der Waals surface area contributed by atoms with Crippen LogP contribution in [0.1, 0.15) is 0 Å². The average Bonchev–Trinajstić information content (AvgIpc) is 3.91. The van der Waals surface area contributed by atoms with Gasteiger partial charge in [-0.25, -0.2) is 0 Å². The Morgan fingerprint density at radius 2 is 0.705 bits per heavy atom. The molecule has 2 heterocycles. The molecule has 0 aliphatic rings. The molecule has 0 saturated carbocycles. The molecule has 0 bridgehead atoms. The van der Waals surface area contributed by atoms with Crippen molar-refractivity contribution in [2.24, 2.45) is 0 Å². The SMILES string of the molecule is c1ccc(-c2ccc(N(c3ccc(-c4cc(-c5cccc6c5oc5ccccc56)cc(-c5cccc6c5oc5ccccc56)c4)cc3)c3cccc4ccccc34)cc2)cc1. The number of anilines is 3. The maximum absolute atomic E-state index is 6.60. The molecule has 61 heavy (non-hydrogen) atoms. The third-order valence-corrected chi connectivity index (χ3v) is 12.1. The molecule has 10 aromatic carbocycles. The fourth-order valence-electron chi connectivity index (χ4n) is 9.12. The molecule has 0 atom stereocenters. The molecule has 0 spiro atoms. The fraction of sp³-hybridized carbons (Fsp3) is 0. The van der Waals surface area contributed by atoms with Gasteiger partial charge in [0.25, 0.3) is 0 Å². The lowest BCUT2D eigenvalue weighted by molar-refractivity contribution is 0.670. The van der Waals surface area contributed by atoms with Gasteiger partial charge in [0.05, 0.1) is 5.69 Å². The van der Waals surface area contributed by atoms with Gasteiger partial charge in [0, 0.05) is 49.4 Å². The first-order valence-electron chi connectivity index (χ1n) is 20.7. The lowest BCUT2D eigenvalue weighted by Gasteiger charge is -2.27. The predicted octanol–water partition coefficient (Wildman–Crippen LogP) is 16.8. The average molecular weight is 780 g/mol. The molecule has 12 aromatic rings. The third kappa shape index (κ3) is 5.98. The Hall–Kier alpha value is -8.14. The summed E-state index contributed by atoms with van der Waals surface area (Å²) in [6, 6.07) is 79.9. The molecule has 0 fully saturated rings. The van der Waals surface area contributed by atoms with E-state index in [4.69, 9.17) is 8.83 Å². The summed E-state index contributed by atoms with van der Waals surface area (Å²) in [5, 5.41) is 6.83. The predicted molar refractivity (Wildman–Crippen MR) is 255 cm³/mol. The van der Waals surface area contributed by atoms with Crippen LogP contribution in [-0.2, 0) is 0 Å². The molecule has 2 aromatic heterocycles. The van der Waals surface area contributed by atoms with E-state index >= 15 is 0 Å². The van der Waals surface area contributed by atoms with Crippen LogP contribution in [0.4, 0.5) is 17.1 Å². The summed E-state index contributed by atoms with van der Waals surface area (Å²) in [6.07, 6.45) is 0. The van der Waals surface area contributed by atoms with Crippen molar-refractivity contribution >= 4 is 71.7 Å². The summed E-state index contributed by atoms with van der Waals surface area (Å²) in [4.78, 5) is 2.37. The van der Waals surface area contributed by atoms with Crippen LogP contribution in [0.15, 0.2) is 233 Å². The summed E-state index contributed by atoms with van der Waals surface area (Å²) >= 11 is 0. The van der Waals surface area contributed by atoms with E-state index in [0.29, 0.717) is 0 Å². The van der Waals surface area contributed by atoms with E-state index in [9.17, 15) is 0 Å². The van der Waals surface area contributed by atoms with Gasteiger partial charge in [0.2, 0.25) is 0 Å². The first kappa shape index (κ1) is 34.9. The highest BCUT2D eigenvalue weighted by atomic mass is 16.3. The van der Waals surface area contributed by atoms with Crippen LogP contribution in [0, 0.1) is 0 Å². The molecule has 0 N–H and O–H groups in total. The summed E-state index contributed by atoms with van der Waals surface area (Å²) in [5.74, 6) is 0. The normalized spacial score (nSPS) is 11.6. The molecular formula is C58H37NO2. The molecule has 0 aliphatic carbocycles. The Balaban J connectivity index is 1.02. The minimum absolute atomic E-state index is 0.883. The molecule has 286 valence electrons. The Labute approximate surface area is 353 Å². The zero-order chi connectivity index (χ0) is 40.3. The highest BCUT2D eigenvalue weighted by molar-refractivity contribution is 6.12. The second-order valence-corrected chi connectivity index (χ2v) is 15.7. The van der Waals surface area contributed by atoms with Gasteiger partial charge < -0.3 is 13.7 Å². The van der Waals surface area contributed by atoms with Crippen molar-refractivity contribution in [3.05, 3.63) is 224 Å². The summed E-state index contributed by atoms with van der Waals surface area (Å²) in [6.45, 7) is 0. The maximum atomic E-state index is 6.60. The second kappa shape index (κ2) is 14.3. The molecule has 3 nitrogen and oxygen atoms in total. The van der Waals surface area contributed by atoms with Crippen LogP contribution in [-0.4, -0.2) is 0 Å². The van der Waals surface area contributed by atoms with Crippen LogP contribution in [0.5, 0.6) is 0 Å². The van der Waals surface area contributed by atoms with Gasteiger partial charge in [-0.1, -0.05) is 164 Å². The molecule has 0 aliphatic heterocycles. The second-order valence-electron chi connectivity index (χ2n) is 15.7. The standard InChI is InChI=1S/C58H37NO2/c1-2-13-38(14-3-1)39-27-31-45(32-28-39)59(54-24-10-16-41-15-4-5-17-47(41)54)46-33-29-40(30-34-46)42-35-43(48-20-11-22-52-50-18-6-8-25-55(50)60-57(48)52)37-44(36-42)49-21-12-23-53-51-19-7-9-26-56(51)61-58(49)53/h1-37H. The van der Waals surface area contributed by atoms with Crippen molar-refractivity contribution in [2.45, 2.75) is 0 Å². The van der Waals surface area contributed by atoms with Gasteiger partial charge in [0.15, 0.2) is 0 Å². The zero-order valence-electron chi connectivity index (χ0n) is 33.1. The van der Waals surface area contributed by atoms with Crippen molar-refractivity contribution in [1.29, 1.82) is 0 Å². The smallest absolute Gasteiger partial charge is 0.143 e. The number of hydrogen-bond acceptors (Lipinski definition) is 3. The van der Waals surface area contributed by atoms with Gasteiger partial charge in [-0.05, 0) is 99.4 Å². The van der Waals surface area contributed by atoms with Crippen molar-refractivity contribution in [3.8, 4) is 44.5 Å². The van der Waals surface area contributed by atoms with E-state index in [1.807, 2.05) is 24.3 Å². The highest BCUT2D eigenvalue weighted by Gasteiger charge is 2.19. The van der Waals surface area contributed by atoms with Crippen LogP contribution < -0.4 is 4.90 Å². The molecule has 0 radical (unpaired) electrons. The van der Waals surface area contributed by atoms with E-state index in [0.717, 1.165) is 94.3 Å². The lowest BCUT2D eigenvalue weighted by atomic mass is 9.92. The molecule has 0 saturated heterocycles. The van der Waals surface area contributed by atoms with E-state index in [-0.39, 0.29) is 0 Å². The largest absolute Gasteiger partial charge is 0.455 e. The topological polar surface area (TPSA) is 29.5 Å². The van der Waals surface area contributed by atoms with Gasteiger partial charge in [-0.2, -0.15) is 0 Å². The number of rotatable bonds is 7. The van der Waals surface area contributed by atoms with Crippen LogP contribution in [0.2, 0.25) is 0 Å². The van der Waals surface area contributed by atoms with Gasteiger partial charge in [0.1, 0.15) is 22.3 Å². The van der Waals surface area contributed by atoms with E-state index < -0.39 is 0 Å². The van der Waals surface area contributed by atoms with Crippen LogP contribution in [0.3, 0.4) is 0 Å². The highest BCUT2D eigenvalue weighted by Crippen LogP contribution is 2.44. The Morgan fingerprint density at radius 3 is 1.30 bits per heavy atom. The number of nitrogens with zero attached hydrogens (tertiary/aromatic N) is 1. The molecular weight excluding hydrogens is 743 g/mol. The van der Waals surface area contributed by atoms with Crippen LogP contribution >= 0.6 is 0 Å². The number of para-hydroxylation sites is 4. The minimum Gasteiger partial charge on any atom is -0.455 e. The molecule has 12 rings (SSSR count). The van der Waals surface area contributed by atoms with Gasteiger partial charge >= 0.3 is 0 Å². The molecule has 0 amide bonds. The Kier molecular flexibility index (Phi) is 8.17. The van der Waals surface area contributed by atoms with Gasteiger partial charge in [-0.3, -0.25) is 0 Å². The van der Waals surface area contributed by atoms with Crippen molar-refractivity contribution < 1.29 is 8.83 Å². The number of benzene rings is 10. The van der Waals surface area contributed by atoms with Gasteiger partial charge in [-0.15, -0.1) is 0 Å². The van der Waals surface area contributed by atoms with Crippen molar-refractivity contribution in [2.75, 3.05) is 4.90 Å². The minimum atomic E-state index is 0.883. The molecule has 0 unspecified atom stereocenters. The lowest BCUT2D eigenvalue weighted by Crippen LogP contribution is -2.10. The Bertz CT molecular complexity index is 3440. The first-order chi connectivity index (χ1) is 30.2. The Morgan fingerprint density at radius 1 is 0.279 bits per heavy atom. The number of fused-ring (bicyclic) bond motifs is 7. The quantitative estimate of drug-likeness (QED) is 0.161. The summed E-state index contributed by atoms with van der Waals surface area (Å²) in [5.41, 5.74) is 15.7. The van der Waals surface area contributed by atoms with E-state index in [2.05, 4.69) is 205 Å². The van der Waals surface area contributed by atoms with Crippen molar-refractivity contribution in [1.82, 2.24) is 0 Å². The zero-order valence-corrected chi connectivity index (χ0v) is 33.1. The molecule has 3 heteroatoms. The van der Waals surface area contributed by atoms with Crippen LogP contribution in [0.25, 0.3) is 99.2 Å². The number of hydrogen-bond donors (Lipinski definition) is 0. The fourth-order valence-corrected chi connectivity index (χ4v) is 9.12.